The van der Waals surface area contributed by atoms with E-state index in [0.717, 1.165) is 28.3 Å². The Bertz CT molecular complexity index is 3580. The van der Waals surface area contributed by atoms with Gasteiger partial charge in [-0.05, 0) is 117 Å². The fourth-order valence-corrected chi connectivity index (χ4v) is 10.4. The molecule has 10 aromatic carbocycles. The summed E-state index contributed by atoms with van der Waals surface area (Å²) >= 11 is 1.86. The largest absolute Gasteiger partial charge is 0.310 e. The highest BCUT2D eigenvalue weighted by Gasteiger charge is 2.19. The van der Waals surface area contributed by atoms with Crippen molar-refractivity contribution in [3.63, 3.8) is 0 Å². The molecule has 0 fully saturated rings. The topological polar surface area (TPSA) is 8.17 Å². The minimum atomic E-state index is 1.10. The van der Waals surface area contributed by atoms with Crippen LogP contribution in [0.2, 0.25) is 0 Å². The van der Waals surface area contributed by atoms with Crippen molar-refractivity contribution in [1.29, 1.82) is 0 Å². The molecule has 0 amide bonds. The Labute approximate surface area is 358 Å². The average molecular weight is 795 g/mol. The number of hydrogen-bond donors (Lipinski definition) is 0. The third-order valence-electron chi connectivity index (χ3n) is 12.1. The van der Waals surface area contributed by atoms with Gasteiger partial charge in [0.15, 0.2) is 0 Å². The maximum Gasteiger partial charge on any atom is 0.0547 e. The van der Waals surface area contributed by atoms with E-state index >= 15 is 0 Å². The molecule has 0 aliphatic heterocycles. The molecule has 286 valence electrons. The van der Waals surface area contributed by atoms with E-state index < -0.39 is 0 Å². The number of benzene rings is 10. The Balaban J connectivity index is 1.02. The van der Waals surface area contributed by atoms with Crippen molar-refractivity contribution in [2.75, 3.05) is 4.90 Å². The van der Waals surface area contributed by atoms with Crippen molar-refractivity contribution >= 4 is 81.1 Å². The lowest BCUT2D eigenvalue weighted by Gasteiger charge is -2.26. The highest BCUT2D eigenvalue weighted by atomic mass is 32.1. The smallest absolute Gasteiger partial charge is 0.0547 e. The molecule has 0 unspecified atom stereocenters. The molecule has 0 N–H and O–H groups in total. The molecule has 0 saturated heterocycles. The van der Waals surface area contributed by atoms with E-state index in [1.54, 1.807) is 0 Å². The van der Waals surface area contributed by atoms with Gasteiger partial charge in [-0.15, -0.1) is 11.3 Å². The molecule has 0 spiro atoms. The zero-order valence-electron chi connectivity index (χ0n) is 33.2. The maximum atomic E-state index is 2.45. The van der Waals surface area contributed by atoms with Crippen LogP contribution >= 0.6 is 11.3 Å². The number of aromatic nitrogens is 1. The van der Waals surface area contributed by atoms with Crippen LogP contribution in [0.4, 0.5) is 17.1 Å². The second-order valence-corrected chi connectivity index (χ2v) is 16.8. The SMILES string of the molecule is c1ccc(-c2cccc(N(c3ccc(-c4cc(-c5ccccc5)cc(-n5c6ccccc6c6c7ccccc7ccc65)c4)cc3)c3ccc4c(c3)sc3ccccc34)c2)cc1. The Morgan fingerprint density at radius 2 is 0.902 bits per heavy atom. The quantitative estimate of drug-likeness (QED) is 0.156. The molecule has 0 radical (unpaired) electrons. The van der Waals surface area contributed by atoms with Gasteiger partial charge in [0.1, 0.15) is 0 Å². The molecule has 2 nitrogen and oxygen atoms in total. The summed E-state index contributed by atoms with van der Waals surface area (Å²) in [4.78, 5) is 2.40. The van der Waals surface area contributed by atoms with Gasteiger partial charge in [-0.1, -0.05) is 158 Å². The van der Waals surface area contributed by atoms with Crippen LogP contribution in [0.1, 0.15) is 0 Å². The van der Waals surface area contributed by atoms with Gasteiger partial charge < -0.3 is 9.47 Å². The van der Waals surface area contributed by atoms with E-state index in [2.05, 4.69) is 240 Å². The zero-order chi connectivity index (χ0) is 40.3. The molecule has 0 atom stereocenters. The average Bonchev–Trinajstić information content (AvgIpc) is 3.88. The number of rotatable bonds is 7. The standard InChI is InChI=1S/C58H38N2S/c1-3-14-39(15-4-1)43-19-13-20-47(35-43)59(48-31-32-52-51-22-10-12-25-56(51)61-57(52)38-48)46-29-26-41(27-30-46)45-34-44(40-16-5-2-6-17-40)36-49(37-45)60-54-24-11-9-23-53(54)58-50-21-8-7-18-42(50)28-33-55(58)60/h1-38H. The van der Waals surface area contributed by atoms with Crippen LogP contribution in [-0.4, -0.2) is 4.57 Å². The van der Waals surface area contributed by atoms with Crippen molar-refractivity contribution < 1.29 is 0 Å². The van der Waals surface area contributed by atoms with Crippen molar-refractivity contribution in [3.05, 3.63) is 231 Å². The van der Waals surface area contributed by atoms with E-state index in [1.807, 2.05) is 11.3 Å². The predicted molar refractivity (Wildman–Crippen MR) is 262 cm³/mol. The highest BCUT2D eigenvalue weighted by Crippen LogP contribution is 2.43. The lowest BCUT2D eigenvalue weighted by Crippen LogP contribution is -2.10. The summed E-state index contributed by atoms with van der Waals surface area (Å²) in [5.41, 5.74) is 14.0. The molecule has 0 saturated carbocycles. The van der Waals surface area contributed by atoms with E-state index in [0.29, 0.717) is 0 Å². The Hall–Kier alpha value is -7.72. The van der Waals surface area contributed by atoms with Crippen LogP contribution in [0, 0.1) is 0 Å². The van der Waals surface area contributed by atoms with Crippen LogP contribution in [0.5, 0.6) is 0 Å². The molecular formula is C58H38N2S. The third kappa shape index (κ3) is 6.09. The molecule has 61 heavy (non-hydrogen) atoms. The Morgan fingerprint density at radius 3 is 1.69 bits per heavy atom. The second kappa shape index (κ2) is 14.5. The minimum Gasteiger partial charge on any atom is -0.310 e. The monoisotopic (exact) mass is 794 g/mol. The maximum absolute atomic E-state index is 2.45. The van der Waals surface area contributed by atoms with Gasteiger partial charge in [0.05, 0.1) is 11.0 Å². The van der Waals surface area contributed by atoms with Crippen molar-refractivity contribution in [1.82, 2.24) is 4.57 Å². The number of hydrogen-bond acceptors (Lipinski definition) is 2. The van der Waals surface area contributed by atoms with Crippen LogP contribution in [0.3, 0.4) is 0 Å². The predicted octanol–water partition coefficient (Wildman–Crippen LogP) is 16.8. The highest BCUT2D eigenvalue weighted by molar-refractivity contribution is 7.25. The van der Waals surface area contributed by atoms with E-state index in [9.17, 15) is 0 Å². The second-order valence-electron chi connectivity index (χ2n) is 15.7. The van der Waals surface area contributed by atoms with Gasteiger partial charge in [-0.3, -0.25) is 0 Å². The lowest BCUT2D eigenvalue weighted by atomic mass is 9.97. The van der Waals surface area contributed by atoms with Gasteiger partial charge in [0, 0.05) is 53.7 Å². The van der Waals surface area contributed by atoms with Gasteiger partial charge in [0.25, 0.3) is 0 Å². The molecule has 0 aliphatic carbocycles. The fraction of sp³-hybridized carbons (Fsp3) is 0. The van der Waals surface area contributed by atoms with Crippen LogP contribution in [-0.2, 0) is 0 Å². The lowest BCUT2D eigenvalue weighted by molar-refractivity contribution is 1.18. The van der Waals surface area contributed by atoms with Crippen molar-refractivity contribution in [3.8, 4) is 39.1 Å². The summed E-state index contributed by atoms with van der Waals surface area (Å²) in [6, 6.07) is 84.2. The number of fused-ring (bicyclic) bond motifs is 8. The van der Waals surface area contributed by atoms with Gasteiger partial charge >= 0.3 is 0 Å². The summed E-state index contributed by atoms with van der Waals surface area (Å²) in [6.45, 7) is 0. The molecular weight excluding hydrogens is 757 g/mol. The summed E-state index contributed by atoms with van der Waals surface area (Å²) in [5.74, 6) is 0. The van der Waals surface area contributed by atoms with Gasteiger partial charge in [-0.2, -0.15) is 0 Å². The first-order valence-electron chi connectivity index (χ1n) is 20.8. The molecule has 2 heterocycles. The molecule has 0 bridgehead atoms. The number of anilines is 3. The minimum absolute atomic E-state index is 1.10. The number of para-hydroxylation sites is 1. The normalized spacial score (nSPS) is 11.6. The summed E-state index contributed by atoms with van der Waals surface area (Å²) in [6.07, 6.45) is 0. The van der Waals surface area contributed by atoms with Crippen LogP contribution < -0.4 is 4.90 Å². The first kappa shape index (κ1) is 35.2. The van der Waals surface area contributed by atoms with E-state index in [4.69, 9.17) is 0 Å². The van der Waals surface area contributed by atoms with Crippen molar-refractivity contribution in [2.24, 2.45) is 0 Å². The number of nitrogens with zero attached hydrogens (tertiary/aromatic N) is 2. The fourth-order valence-electron chi connectivity index (χ4n) is 9.28. The Morgan fingerprint density at radius 1 is 0.311 bits per heavy atom. The molecule has 3 heteroatoms. The third-order valence-corrected chi connectivity index (χ3v) is 13.3. The first-order chi connectivity index (χ1) is 30.2. The molecule has 12 rings (SSSR count). The Kier molecular flexibility index (Phi) is 8.39. The molecule has 0 aliphatic rings. The van der Waals surface area contributed by atoms with E-state index in [1.165, 1.54) is 80.6 Å². The number of thiophene rings is 1. The molecule has 2 aromatic heterocycles. The summed E-state index contributed by atoms with van der Waals surface area (Å²) < 4.78 is 5.04. The van der Waals surface area contributed by atoms with Gasteiger partial charge in [-0.25, -0.2) is 0 Å². The first-order valence-corrected chi connectivity index (χ1v) is 21.6. The van der Waals surface area contributed by atoms with Crippen molar-refractivity contribution in [2.45, 2.75) is 0 Å². The van der Waals surface area contributed by atoms with Crippen LogP contribution in [0.15, 0.2) is 231 Å². The summed E-state index contributed by atoms with van der Waals surface area (Å²) in [7, 11) is 0. The molecule has 12 aromatic rings. The van der Waals surface area contributed by atoms with Gasteiger partial charge in [0.2, 0.25) is 0 Å². The zero-order valence-corrected chi connectivity index (χ0v) is 34.1. The van der Waals surface area contributed by atoms with Crippen LogP contribution in [0.25, 0.3) is 91.8 Å². The van der Waals surface area contributed by atoms with E-state index in [-0.39, 0.29) is 0 Å². The summed E-state index contributed by atoms with van der Waals surface area (Å²) in [5, 5.41) is 7.67.